The molecule has 1 rings (SSSR count). The molecule has 1 aromatic rings. The van der Waals surface area contributed by atoms with Crippen molar-refractivity contribution in [2.24, 2.45) is 0 Å². The summed E-state index contributed by atoms with van der Waals surface area (Å²) in [5.74, 6) is -3.32. The van der Waals surface area contributed by atoms with Crippen LogP contribution < -0.4 is 5.32 Å². The molecule has 1 unspecified atom stereocenters. The molecular weight excluding hydrogens is 322 g/mol. The molecule has 0 aliphatic rings. The van der Waals surface area contributed by atoms with Crippen molar-refractivity contribution in [3.63, 3.8) is 0 Å². The minimum atomic E-state index is -0.992. The Bertz CT molecular complexity index is 497. The normalized spacial score (nSPS) is 11.9. The van der Waals surface area contributed by atoms with Crippen LogP contribution in [0.3, 0.4) is 0 Å². The van der Waals surface area contributed by atoms with Gasteiger partial charge in [-0.3, -0.25) is 9.59 Å². The Labute approximate surface area is 117 Å². The van der Waals surface area contributed by atoms with Crippen LogP contribution in [0.4, 0.5) is 8.78 Å². The summed E-state index contributed by atoms with van der Waals surface area (Å²) in [6.07, 6.45) is 0. The molecular formula is C12H13BrF2N2O2. The van der Waals surface area contributed by atoms with E-state index in [2.05, 4.69) is 21.2 Å². The lowest BCUT2D eigenvalue weighted by molar-refractivity contribution is -0.130. The molecule has 0 spiro atoms. The first-order chi connectivity index (χ1) is 8.73. The topological polar surface area (TPSA) is 49.4 Å². The zero-order chi connectivity index (χ0) is 14.7. The van der Waals surface area contributed by atoms with Gasteiger partial charge in [-0.25, -0.2) is 8.78 Å². The molecule has 1 atom stereocenters. The first-order valence-corrected chi connectivity index (χ1v) is 6.20. The lowest BCUT2D eigenvalue weighted by Crippen LogP contribution is -2.44. The molecule has 0 radical (unpaired) electrons. The monoisotopic (exact) mass is 334 g/mol. The van der Waals surface area contributed by atoms with E-state index in [0.717, 1.165) is 12.1 Å². The van der Waals surface area contributed by atoms with E-state index in [0.29, 0.717) is 0 Å². The van der Waals surface area contributed by atoms with Crippen LogP contribution in [0.2, 0.25) is 0 Å². The fourth-order valence-corrected chi connectivity index (χ4v) is 1.88. The number of carbonyl (C=O) groups is 2. The Morgan fingerprint density at radius 3 is 2.16 bits per heavy atom. The van der Waals surface area contributed by atoms with Gasteiger partial charge in [-0.2, -0.15) is 0 Å². The molecule has 0 aliphatic carbocycles. The summed E-state index contributed by atoms with van der Waals surface area (Å²) in [5, 5.41) is 2.25. The van der Waals surface area contributed by atoms with Crippen molar-refractivity contribution in [2.45, 2.75) is 13.0 Å². The van der Waals surface area contributed by atoms with E-state index in [1.807, 2.05) is 0 Å². The standard InChI is InChI=1S/C12H13BrF2N2O2/c1-6(12(19)17(2)3)16-11(18)10-8(14)4-7(13)5-9(10)15/h4-6H,1-3H3,(H,16,18). The zero-order valence-electron chi connectivity index (χ0n) is 10.6. The highest BCUT2D eigenvalue weighted by Crippen LogP contribution is 2.19. The lowest BCUT2D eigenvalue weighted by atomic mass is 10.1. The smallest absolute Gasteiger partial charge is 0.257 e. The largest absolute Gasteiger partial charge is 0.347 e. The highest BCUT2D eigenvalue weighted by Gasteiger charge is 2.23. The predicted molar refractivity (Wildman–Crippen MR) is 69.7 cm³/mol. The number of amides is 2. The van der Waals surface area contributed by atoms with Crippen molar-refractivity contribution in [1.29, 1.82) is 0 Å². The zero-order valence-corrected chi connectivity index (χ0v) is 12.2. The number of likely N-dealkylation sites (N-methyl/N-ethyl adjacent to an activating group) is 1. The maximum atomic E-state index is 13.5. The molecule has 0 saturated heterocycles. The van der Waals surface area contributed by atoms with Crippen LogP contribution in [0.1, 0.15) is 17.3 Å². The quantitative estimate of drug-likeness (QED) is 0.918. The second kappa shape index (κ2) is 6.10. The Hall–Kier alpha value is -1.50. The Kier molecular flexibility index (Phi) is 4.99. The molecule has 1 aromatic carbocycles. The fourth-order valence-electron chi connectivity index (χ4n) is 1.48. The summed E-state index contributed by atoms with van der Waals surface area (Å²) in [6.45, 7) is 1.44. The number of nitrogens with one attached hydrogen (secondary N) is 1. The fraction of sp³-hybridized carbons (Fsp3) is 0.333. The van der Waals surface area contributed by atoms with E-state index < -0.39 is 29.1 Å². The molecule has 0 fully saturated rings. The average molecular weight is 335 g/mol. The number of rotatable bonds is 3. The van der Waals surface area contributed by atoms with Crippen LogP contribution in [0.5, 0.6) is 0 Å². The Morgan fingerprint density at radius 2 is 1.74 bits per heavy atom. The summed E-state index contributed by atoms with van der Waals surface area (Å²) in [6, 6.07) is 1.09. The average Bonchev–Trinajstić information content (AvgIpc) is 2.25. The van der Waals surface area contributed by atoms with Gasteiger partial charge in [0.1, 0.15) is 23.2 Å². The summed E-state index contributed by atoms with van der Waals surface area (Å²) in [7, 11) is 3.04. The molecule has 104 valence electrons. The molecule has 7 heteroatoms. The van der Waals surface area contributed by atoms with Gasteiger partial charge < -0.3 is 10.2 Å². The van der Waals surface area contributed by atoms with E-state index in [9.17, 15) is 18.4 Å². The van der Waals surface area contributed by atoms with Gasteiger partial charge >= 0.3 is 0 Å². The van der Waals surface area contributed by atoms with Crippen molar-refractivity contribution < 1.29 is 18.4 Å². The van der Waals surface area contributed by atoms with Gasteiger partial charge in [0.25, 0.3) is 5.91 Å². The maximum Gasteiger partial charge on any atom is 0.257 e. The Balaban J connectivity index is 2.94. The summed E-state index contributed by atoms with van der Waals surface area (Å²) in [5.41, 5.74) is -0.707. The SMILES string of the molecule is CC(NC(=O)c1c(F)cc(Br)cc1F)C(=O)N(C)C. The first-order valence-electron chi connectivity index (χ1n) is 5.40. The molecule has 1 N–H and O–H groups in total. The van der Waals surface area contributed by atoms with E-state index in [-0.39, 0.29) is 10.4 Å². The molecule has 0 aliphatic heterocycles. The van der Waals surface area contributed by atoms with Crippen molar-refractivity contribution in [3.8, 4) is 0 Å². The van der Waals surface area contributed by atoms with Crippen molar-refractivity contribution in [1.82, 2.24) is 10.2 Å². The van der Waals surface area contributed by atoms with Crippen LogP contribution in [0.15, 0.2) is 16.6 Å². The van der Waals surface area contributed by atoms with E-state index in [1.54, 1.807) is 0 Å². The second-order valence-corrected chi connectivity index (χ2v) is 5.09. The number of carbonyl (C=O) groups excluding carboxylic acids is 2. The van der Waals surface area contributed by atoms with Crippen LogP contribution in [0.25, 0.3) is 0 Å². The van der Waals surface area contributed by atoms with Crippen molar-refractivity contribution in [2.75, 3.05) is 14.1 Å². The molecule has 0 bridgehead atoms. The minimum absolute atomic E-state index is 0.191. The highest BCUT2D eigenvalue weighted by atomic mass is 79.9. The van der Waals surface area contributed by atoms with Crippen molar-refractivity contribution in [3.05, 3.63) is 33.8 Å². The lowest BCUT2D eigenvalue weighted by Gasteiger charge is -2.18. The van der Waals surface area contributed by atoms with Gasteiger partial charge in [0.15, 0.2) is 0 Å². The van der Waals surface area contributed by atoms with Gasteiger partial charge in [-0.15, -0.1) is 0 Å². The molecule has 4 nitrogen and oxygen atoms in total. The van der Waals surface area contributed by atoms with Gasteiger partial charge in [-0.05, 0) is 19.1 Å². The number of nitrogens with zero attached hydrogens (tertiary/aromatic N) is 1. The predicted octanol–water partition coefficient (Wildman–Crippen LogP) is 1.93. The number of benzene rings is 1. The summed E-state index contributed by atoms with van der Waals surface area (Å²) < 4.78 is 27.3. The third-order valence-electron chi connectivity index (χ3n) is 2.39. The number of hydrogen-bond donors (Lipinski definition) is 1. The highest BCUT2D eigenvalue weighted by molar-refractivity contribution is 9.10. The van der Waals surface area contributed by atoms with Crippen LogP contribution in [0, 0.1) is 11.6 Å². The van der Waals surface area contributed by atoms with Crippen molar-refractivity contribution >= 4 is 27.7 Å². The van der Waals surface area contributed by atoms with E-state index in [4.69, 9.17) is 0 Å². The van der Waals surface area contributed by atoms with E-state index in [1.165, 1.54) is 25.9 Å². The summed E-state index contributed by atoms with van der Waals surface area (Å²) >= 11 is 2.92. The Morgan fingerprint density at radius 1 is 1.26 bits per heavy atom. The van der Waals surface area contributed by atoms with Gasteiger partial charge in [0, 0.05) is 18.6 Å². The van der Waals surface area contributed by atoms with Gasteiger partial charge in [0.2, 0.25) is 5.91 Å². The van der Waals surface area contributed by atoms with Gasteiger partial charge in [-0.1, -0.05) is 15.9 Å². The number of halogens is 3. The van der Waals surface area contributed by atoms with Crippen LogP contribution in [-0.4, -0.2) is 36.9 Å². The number of hydrogen-bond acceptors (Lipinski definition) is 2. The molecule has 2 amide bonds. The van der Waals surface area contributed by atoms with E-state index >= 15 is 0 Å². The molecule has 0 aromatic heterocycles. The first kappa shape index (κ1) is 15.6. The molecule has 19 heavy (non-hydrogen) atoms. The minimum Gasteiger partial charge on any atom is -0.347 e. The molecule has 0 saturated carbocycles. The van der Waals surface area contributed by atoms with Crippen LogP contribution in [-0.2, 0) is 4.79 Å². The van der Waals surface area contributed by atoms with Crippen LogP contribution >= 0.6 is 15.9 Å². The third kappa shape index (κ3) is 3.73. The maximum absolute atomic E-state index is 13.5. The second-order valence-electron chi connectivity index (χ2n) is 4.17. The van der Waals surface area contributed by atoms with Gasteiger partial charge in [0.05, 0.1) is 0 Å². The summed E-state index contributed by atoms with van der Waals surface area (Å²) in [4.78, 5) is 24.6. The molecule has 0 heterocycles. The third-order valence-corrected chi connectivity index (χ3v) is 2.85.